The molecule has 1 aromatic heterocycles. The SMILES string of the molecule is CC1COC(CO)CN1C(=O)c1ccc2nc(N)sc2c1. The molecule has 7 heteroatoms. The summed E-state index contributed by atoms with van der Waals surface area (Å²) in [6, 6.07) is 5.38. The minimum absolute atomic E-state index is 0.0115. The number of carbonyl (C=O) groups excluding carboxylic acids is 1. The van der Waals surface area contributed by atoms with E-state index in [1.54, 1.807) is 11.0 Å². The first kappa shape index (κ1) is 14.2. The number of aliphatic hydroxyl groups is 1. The van der Waals surface area contributed by atoms with Gasteiger partial charge in [0.15, 0.2) is 5.13 Å². The second kappa shape index (κ2) is 5.59. The average Bonchev–Trinajstić information content (AvgIpc) is 2.86. The number of morpholine rings is 1. The average molecular weight is 307 g/mol. The third-order valence-corrected chi connectivity index (χ3v) is 4.47. The standard InChI is InChI=1S/C14H17N3O3S/c1-8-7-20-10(6-18)5-17(8)13(19)9-2-3-11-12(4-9)21-14(15)16-11/h2-4,8,10,18H,5-7H2,1H3,(H2,15,16). The van der Waals surface area contributed by atoms with Crippen molar-refractivity contribution in [3.63, 3.8) is 0 Å². The zero-order valence-electron chi connectivity index (χ0n) is 11.7. The normalized spacial score (nSPS) is 22.7. The number of anilines is 1. The van der Waals surface area contributed by atoms with E-state index in [4.69, 9.17) is 10.5 Å². The van der Waals surface area contributed by atoms with Crippen molar-refractivity contribution in [3.8, 4) is 0 Å². The molecule has 1 saturated heterocycles. The van der Waals surface area contributed by atoms with Crippen LogP contribution >= 0.6 is 11.3 Å². The van der Waals surface area contributed by atoms with Gasteiger partial charge < -0.3 is 20.5 Å². The number of hydrogen-bond donors (Lipinski definition) is 2. The molecule has 21 heavy (non-hydrogen) atoms. The van der Waals surface area contributed by atoms with Crippen LogP contribution in [0.2, 0.25) is 0 Å². The summed E-state index contributed by atoms with van der Waals surface area (Å²) in [4.78, 5) is 18.6. The second-order valence-corrected chi connectivity index (χ2v) is 6.24. The van der Waals surface area contributed by atoms with Crippen LogP contribution in [0.25, 0.3) is 10.2 Å². The Morgan fingerprint density at radius 2 is 2.43 bits per heavy atom. The molecular formula is C14H17N3O3S. The van der Waals surface area contributed by atoms with E-state index < -0.39 is 0 Å². The van der Waals surface area contributed by atoms with Gasteiger partial charge in [-0.25, -0.2) is 4.98 Å². The van der Waals surface area contributed by atoms with Crippen LogP contribution in [0.15, 0.2) is 18.2 Å². The number of nitrogen functional groups attached to an aromatic ring is 1. The van der Waals surface area contributed by atoms with Crippen molar-refractivity contribution >= 4 is 32.6 Å². The first-order chi connectivity index (χ1) is 10.1. The Bertz CT molecular complexity index is 673. The lowest BCUT2D eigenvalue weighted by molar-refractivity contribution is -0.0667. The monoisotopic (exact) mass is 307 g/mol. The van der Waals surface area contributed by atoms with E-state index in [9.17, 15) is 9.90 Å². The van der Waals surface area contributed by atoms with E-state index in [0.29, 0.717) is 23.8 Å². The van der Waals surface area contributed by atoms with Gasteiger partial charge in [0.2, 0.25) is 0 Å². The first-order valence-corrected chi connectivity index (χ1v) is 7.59. The van der Waals surface area contributed by atoms with Crippen molar-refractivity contribution in [2.75, 3.05) is 25.5 Å². The van der Waals surface area contributed by atoms with Gasteiger partial charge in [-0.05, 0) is 25.1 Å². The van der Waals surface area contributed by atoms with Gasteiger partial charge in [0.25, 0.3) is 5.91 Å². The topological polar surface area (TPSA) is 88.7 Å². The highest BCUT2D eigenvalue weighted by Gasteiger charge is 2.30. The summed E-state index contributed by atoms with van der Waals surface area (Å²) in [5.74, 6) is -0.0573. The summed E-state index contributed by atoms with van der Waals surface area (Å²) in [6.45, 7) is 2.70. The van der Waals surface area contributed by atoms with Crippen LogP contribution in [0.5, 0.6) is 0 Å². The van der Waals surface area contributed by atoms with Crippen LogP contribution in [-0.2, 0) is 4.74 Å². The molecule has 0 bridgehead atoms. The Morgan fingerprint density at radius 3 is 3.19 bits per heavy atom. The van der Waals surface area contributed by atoms with Crippen molar-refractivity contribution in [2.45, 2.75) is 19.1 Å². The molecule has 1 amide bonds. The predicted molar refractivity (Wildman–Crippen MR) is 81.4 cm³/mol. The van der Waals surface area contributed by atoms with Crippen LogP contribution in [0.4, 0.5) is 5.13 Å². The number of fused-ring (bicyclic) bond motifs is 1. The third kappa shape index (κ3) is 2.72. The minimum atomic E-state index is -0.312. The highest BCUT2D eigenvalue weighted by Crippen LogP contribution is 2.26. The zero-order chi connectivity index (χ0) is 15.0. The fraction of sp³-hybridized carbons (Fsp3) is 0.429. The van der Waals surface area contributed by atoms with E-state index in [0.717, 1.165) is 10.2 Å². The van der Waals surface area contributed by atoms with Crippen LogP contribution in [0, 0.1) is 0 Å². The number of benzene rings is 1. The molecule has 1 aromatic carbocycles. The number of carbonyl (C=O) groups is 1. The summed E-state index contributed by atoms with van der Waals surface area (Å²) in [5.41, 5.74) is 7.10. The molecule has 0 saturated carbocycles. The Hall–Kier alpha value is -1.70. The van der Waals surface area contributed by atoms with Crippen molar-refractivity contribution in [2.24, 2.45) is 0 Å². The van der Waals surface area contributed by atoms with Crippen molar-refractivity contribution < 1.29 is 14.6 Å². The minimum Gasteiger partial charge on any atom is -0.394 e. The number of thiazole rings is 1. The van der Waals surface area contributed by atoms with E-state index in [-0.39, 0.29) is 24.7 Å². The third-order valence-electron chi connectivity index (χ3n) is 3.62. The number of hydrogen-bond acceptors (Lipinski definition) is 6. The molecule has 2 unspecified atom stereocenters. The summed E-state index contributed by atoms with van der Waals surface area (Å²) in [7, 11) is 0. The van der Waals surface area contributed by atoms with E-state index in [1.165, 1.54) is 11.3 Å². The van der Waals surface area contributed by atoms with Crippen LogP contribution < -0.4 is 5.73 Å². The maximum Gasteiger partial charge on any atom is 0.254 e. The maximum atomic E-state index is 12.7. The second-order valence-electron chi connectivity index (χ2n) is 5.18. The van der Waals surface area contributed by atoms with Gasteiger partial charge in [-0.3, -0.25) is 4.79 Å². The molecule has 1 aliphatic heterocycles. The smallest absolute Gasteiger partial charge is 0.254 e. The highest BCUT2D eigenvalue weighted by molar-refractivity contribution is 7.22. The molecular weight excluding hydrogens is 290 g/mol. The number of nitrogens with two attached hydrogens (primary N) is 1. The van der Waals surface area contributed by atoms with Crippen molar-refractivity contribution in [1.82, 2.24) is 9.88 Å². The number of nitrogens with zero attached hydrogens (tertiary/aromatic N) is 2. The summed E-state index contributed by atoms with van der Waals surface area (Å²) in [5, 5.41) is 9.70. The molecule has 2 atom stereocenters. The fourth-order valence-corrected chi connectivity index (χ4v) is 3.23. The molecule has 3 rings (SSSR count). The molecule has 1 aliphatic rings. The molecule has 1 fully saturated rings. The molecule has 0 aliphatic carbocycles. The maximum absolute atomic E-state index is 12.7. The summed E-state index contributed by atoms with van der Waals surface area (Å²) < 4.78 is 6.36. The largest absolute Gasteiger partial charge is 0.394 e. The van der Waals surface area contributed by atoms with Gasteiger partial charge in [-0.2, -0.15) is 0 Å². The highest BCUT2D eigenvalue weighted by atomic mass is 32.1. The molecule has 112 valence electrons. The van der Waals surface area contributed by atoms with Gasteiger partial charge in [0.05, 0.1) is 35.6 Å². The number of amides is 1. The van der Waals surface area contributed by atoms with Crippen molar-refractivity contribution in [3.05, 3.63) is 23.8 Å². The fourth-order valence-electron chi connectivity index (χ4n) is 2.45. The molecule has 0 radical (unpaired) electrons. The number of aliphatic hydroxyl groups excluding tert-OH is 1. The Kier molecular flexibility index (Phi) is 3.79. The van der Waals surface area contributed by atoms with E-state index in [1.807, 2.05) is 19.1 Å². The molecule has 2 aromatic rings. The zero-order valence-corrected chi connectivity index (χ0v) is 12.5. The number of aromatic nitrogens is 1. The van der Waals surface area contributed by atoms with E-state index in [2.05, 4.69) is 4.98 Å². The Labute approximate surface area is 126 Å². The van der Waals surface area contributed by atoms with E-state index >= 15 is 0 Å². The molecule has 3 N–H and O–H groups in total. The quantitative estimate of drug-likeness (QED) is 0.867. The molecule has 0 spiro atoms. The first-order valence-electron chi connectivity index (χ1n) is 6.78. The number of ether oxygens (including phenoxy) is 1. The van der Waals surface area contributed by atoms with Crippen LogP contribution in [-0.4, -0.2) is 52.8 Å². The van der Waals surface area contributed by atoms with Gasteiger partial charge in [-0.1, -0.05) is 11.3 Å². The predicted octanol–water partition coefficient (Wildman–Crippen LogP) is 1.10. The van der Waals surface area contributed by atoms with Crippen LogP contribution in [0.3, 0.4) is 0 Å². The lowest BCUT2D eigenvalue weighted by Crippen LogP contribution is -2.52. The Balaban J connectivity index is 1.87. The van der Waals surface area contributed by atoms with Crippen molar-refractivity contribution in [1.29, 1.82) is 0 Å². The van der Waals surface area contributed by atoms with Gasteiger partial charge in [0.1, 0.15) is 0 Å². The molecule has 2 heterocycles. The lowest BCUT2D eigenvalue weighted by Gasteiger charge is -2.37. The summed E-state index contributed by atoms with van der Waals surface area (Å²) in [6.07, 6.45) is -0.312. The Morgan fingerprint density at radius 1 is 1.62 bits per heavy atom. The molecule has 6 nitrogen and oxygen atoms in total. The summed E-state index contributed by atoms with van der Waals surface area (Å²) >= 11 is 1.37. The lowest BCUT2D eigenvalue weighted by atomic mass is 10.1. The van der Waals surface area contributed by atoms with Gasteiger partial charge in [0, 0.05) is 12.1 Å². The van der Waals surface area contributed by atoms with Gasteiger partial charge in [-0.15, -0.1) is 0 Å². The van der Waals surface area contributed by atoms with Gasteiger partial charge >= 0.3 is 0 Å². The van der Waals surface area contributed by atoms with Crippen LogP contribution in [0.1, 0.15) is 17.3 Å². The number of rotatable bonds is 2.